The van der Waals surface area contributed by atoms with Gasteiger partial charge in [-0.25, -0.2) is 0 Å². The monoisotopic (exact) mass is 531 g/mol. The minimum absolute atomic E-state index is 0.00904. The van der Waals surface area contributed by atoms with Crippen LogP contribution in [0.15, 0.2) is 12.2 Å². The highest BCUT2D eigenvalue weighted by molar-refractivity contribution is 6.55. The Morgan fingerprint density at radius 2 is 0.935 bits per heavy atom. The summed E-state index contributed by atoms with van der Waals surface area (Å²) in [4.78, 5) is 0. The topological polar surface area (TPSA) is 46.2 Å². The number of nitrogens with two attached hydrogens (primary N) is 1. The molecule has 0 saturated carbocycles. The van der Waals surface area contributed by atoms with E-state index in [-0.39, 0.29) is 30.9 Å². The molecule has 7 heteroatoms. The van der Waals surface area contributed by atoms with Crippen molar-refractivity contribution in [1.29, 1.82) is 0 Å². The predicted molar refractivity (Wildman–Crippen MR) is 142 cm³/mol. The van der Waals surface area contributed by atoms with Gasteiger partial charge in [-0.05, 0) is 38.6 Å². The van der Waals surface area contributed by atoms with Crippen molar-refractivity contribution in [3.05, 3.63) is 37.3 Å². The van der Waals surface area contributed by atoms with Crippen LogP contribution in [0.2, 0.25) is 25.1 Å². The average Bonchev–Trinajstić information content (AvgIpc) is 2.78. The van der Waals surface area contributed by atoms with E-state index in [4.69, 9.17) is 63.7 Å². The Balaban J connectivity index is 0.000000639. The smallest absolute Gasteiger partial charge is 0.155 e. The number of hydrogen-bond donors (Lipinski definition) is 2. The molecule has 1 rings (SSSR count). The fraction of sp³-hybridized carbons (Fsp3) is 0.667. The number of halogens is 5. The van der Waals surface area contributed by atoms with Crippen LogP contribution in [0.25, 0.3) is 0 Å². The maximum atomic E-state index is 9.20. The third-order valence-corrected chi connectivity index (χ3v) is 7.16. The molecule has 0 unspecified atom stereocenters. The van der Waals surface area contributed by atoms with Gasteiger partial charge in [0.05, 0.1) is 15.1 Å². The lowest BCUT2D eigenvalue weighted by molar-refractivity contribution is 0.476. The van der Waals surface area contributed by atoms with E-state index in [9.17, 15) is 5.11 Å². The molecule has 0 amide bonds. The van der Waals surface area contributed by atoms with E-state index in [1.807, 2.05) is 0 Å². The van der Waals surface area contributed by atoms with Crippen LogP contribution in [0.1, 0.15) is 96.8 Å². The fourth-order valence-electron chi connectivity index (χ4n) is 2.99. The second-order valence-electron chi connectivity index (χ2n) is 7.65. The van der Waals surface area contributed by atoms with Gasteiger partial charge in [-0.2, -0.15) is 0 Å². The summed E-state index contributed by atoms with van der Waals surface area (Å²) in [7, 11) is 0. The molecule has 0 aromatic heterocycles. The van der Waals surface area contributed by atoms with E-state index in [1.165, 1.54) is 89.9 Å². The number of phenolic OH excluding ortho intramolecular Hbond substituents is 1. The van der Waals surface area contributed by atoms with Gasteiger partial charge in [0.15, 0.2) is 5.75 Å². The van der Waals surface area contributed by atoms with E-state index in [0.717, 1.165) is 6.54 Å². The van der Waals surface area contributed by atoms with Gasteiger partial charge < -0.3 is 10.8 Å². The number of rotatable bonds is 15. The van der Waals surface area contributed by atoms with Crippen molar-refractivity contribution in [2.24, 2.45) is 5.73 Å². The predicted octanol–water partition coefficient (Wildman–Crippen LogP) is 10.6. The number of phenols is 1. The Morgan fingerprint density at radius 1 is 0.581 bits per heavy atom. The van der Waals surface area contributed by atoms with Gasteiger partial charge >= 0.3 is 0 Å². The first-order valence-corrected chi connectivity index (χ1v) is 13.3. The summed E-state index contributed by atoms with van der Waals surface area (Å²) in [6, 6.07) is 0. The Bertz CT molecular complexity index is 517. The largest absolute Gasteiger partial charge is 0.505 e. The van der Waals surface area contributed by atoms with Gasteiger partial charge in [0, 0.05) is 0 Å². The first-order chi connectivity index (χ1) is 14.9. The van der Waals surface area contributed by atoms with Gasteiger partial charge in [-0.15, -0.1) is 0 Å². The summed E-state index contributed by atoms with van der Waals surface area (Å²) in [6.45, 7) is 3.14. The molecule has 31 heavy (non-hydrogen) atoms. The molecule has 1 aromatic carbocycles. The van der Waals surface area contributed by atoms with Crippen LogP contribution in [-0.2, 0) is 0 Å². The number of benzene rings is 1. The summed E-state index contributed by atoms with van der Waals surface area (Å²) in [5.74, 6) is -0.363. The van der Waals surface area contributed by atoms with Gasteiger partial charge in [0.25, 0.3) is 0 Å². The minimum atomic E-state index is -0.363. The average molecular weight is 534 g/mol. The molecular weight excluding hydrogens is 496 g/mol. The van der Waals surface area contributed by atoms with Crippen molar-refractivity contribution >= 4 is 58.0 Å². The Labute approximate surface area is 214 Å². The molecule has 0 radical (unpaired) electrons. The standard InChI is InChI=1S/C18H37N.C6HCl5O/c1-2-3-4-5-6-7-8-9-10-11-12-13-14-15-16-17-18-19;7-1-2(8)4(10)6(12)5(11)3(1)9/h9-10H,2-8,11-19H2,1H3;12H/b10-9-;. The number of aromatic hydroxyl groups is 1. The first-order valence-electron chi connectivity index (χ1n) is 11.4. The number of hydrogen-bond acceptors (Lipinski definition) is 2. The van der Waals surface area contributed by atoms with Crippen molar-refractivity contribution in [2.45, 2.75) is 96.8 Å². The zero-order valence-electron chi connectivity index (χ0n) is 18.7. The maximum absolute atomic E-state index is 9.20. The Hall–Kier alpha value is 0.170. The van der Waals surface area contributed by atoms with Gasteiger partial charge in [-0.1, -0.05) is 135 Å². The van der Waals surface area contributed by atoms with Crippen molar-refractivity contribution in [1.82, 2.24) is 0 Å². The molecule has 0 aliphatic rings. The minimum Gasteiger partial charge on any atom is -0.505 e. The van der Waals surface area contributed by atoms with Crippen LogP contribution in [0.3, 0.4) is 0 Å². The summed E-state index contributed by atoms with van der Waals surface area (Å²) in [6.07, 6.45) is 23.9. The summed E-state index contributed by atoms with van der Waals surface area (Å²) < 4.78 is 0. The molecule has 0 aliphatic carbocycles. The molecule has 0 spiro atoms. The second-order valence-corrected chi connectivity index (χ2v) is 9.53. The van der Waals surface area contributed by atoms with Crippen LogP contribution < -0.4 is 5.73 Å². The molecular formula is C24H38Cl5NO. The van der Waals surface area contributed by atoms with E-state index in [1.54, 1.807) is 0 Å². The lowest BCUT2D eigenvalue weighted by Gasteiger charge is -2.06. The van der Waals surface area contributed by atoms with Crippen molar-refractivity contribution < 1.29 is 5.11 Å². The number of allylic oxidation sites excluding steroid dienone is 2. The third-order valence-electron chi connectivity index (χ3n) is 4.90. The highest BCUT2D eigenvalue weighted by Crippen LogP contribution is 2.47. The van der Waals surface area contributed by atoms with E-state index in [2.05, 4.69) is 19.1 Å². The molecule has 1 aromatic rings. The molecule has 0 atom stereocenters. The number of unbranched alkanes of at least 4 members (excludes halogenated alkanes) is 12. The molecule has 180 valence electrons. The van der Waals surface area contributed by atoms with Crippen LogP contribution >= 0.6 is 58.0 Å². The fourth-order valence-corrected chi connectivity index (χ4v) is 4.11. The first kappa shape index (κ1) is 31.2. The van der Waals surface area contributed by atoms with Crippen molar-refractivity contribution in [2.75, 3.05) is 6.54 Å². The van der Waals surface area contributed by atoms with Crippen LogP contribution in [-0.4, -0.2) is 11.7 Å². The molecule has 3 N–H and O–H groups in total. The van der Waals surface area contributed by atoms with Crippen LogP contribution in [0, 0.1) is 0 Å². The summed E-state index contributed by atoms with van der Waals surface area (Å²) >= 11 is 27.9. The molecule has 0 bridgehead atoms. The normalized spacial score (nSPS) is 11.1. The zero-order chi connectivity index (χ0) is 23.5. The van der Waals surface area contributed by atoms with Gasteiger partial charge in [0.2, 0.25) is 0 Å². The second kappa shape index (κ2) is 20.8. The highest BCUT2D eigenvalue weighted by Gasteiger charge is 2.18. The zero-order valence-corrected chi connectivity index (χ0v) is 22.5. The van der Waals surface area contributed by atoms with E-state index in [0.29, 0.717) is 0 Å². The molecule has 2 nitrogen and oxygen atoms in total. The lowest BCUT2D eigenvalue weighted by atomic mass is 10.1. The quantitative estimate of drug-likeness (QED) is 0.102. The molecule has 0 fully saturated rings. The molecule has 0 aliphatic heterocycles. The van der Waals surface area contributed by atoms with Crippen LogP contribution in [0.4, 0.5) is 0 Å². The third kappa shape index (κ3) is 14.8. The summed E-state index contributed by atoms with van der Waals surface area (Å²) in [5.41, 5.74) is 5.47. The highest BCUT2D eigenvalue weighted by atomic mass is 35.5. The van der Waals surface area contributed by atoms with Crippen molar-refractivity contribution in [3.8, 4) is 5.75 Å². The maximum Gasteiger partial charge on any atom is 0.155 e. The molecule has 0 heterocycles. The van der Waals surface area contributed by atoms with Crippen molar-refractivity contribution in [3.63, 3.8) is 0 Å². The van der Waals surface area contributed by atoms with Crippen LogP contribution in [0.5, 0.6) is 5.75 Å². The Kier molecular flexibility index (Phi) is 20.9. The van der Waals surface area contributed by atoms with Gasteiger partial charge in [-0.3, -0.25) is 0 Å². The molecule has 0 saturated heterocycles. The van der Waals surface area contributed by atoms with Gasteiger partial charge in [0.1, 0.15) is 10.0 Å². The SMILES string of the molecule is CCCCCCCC/C=C\CCCCCCCCN.Oc1c(Cl)c(Cl)c(Cl)c(Cl)c1Cl. The lowest BCUT2D eigenvalue weighted by Crippen LogP contribution is -1.97. The Morgan fingerprint density at radius 3 is 1.35 bits per heavy atom. The van der Waals surface area contributed by atoms with E-state index < -0.39 is 0 Å². The summed E-state index contributed by atoms with van der Waals surface area (Å²) in [5, 5.41) is 9.01. The van der Waals surface area contributed by atoms with E-state index >= 15 is 0 Å².